The second-order valence-electron chi connectivity index (χ2n) is 5.31. The first-order valence-electron chi connectivity index (χ1n) is 7.16. The maximum absolute atomic E-state index is 9.52. The number of benzene rings is 1. The van der Waals surface area contributed by atoms with E-state index < -0.39 is 0 Å². The summed E-state index contributed by atoms with van der Waals surface area (Å²) in [5.41, 5.74) is 2.28. The summed E-state index contributed by atoms with van der Waals surface area (Å²) < 4.78 is 6.04. The van der Waals surface area contributed by atoms with E-state index in [0.29, 0.717) is 0 Å². The summed E-state index contributed by atoms with van der Waals surface area (Å²) >= 11 is 0. The number of nitrogens with zero attached hydrogens (tertiary/aromatic N) is 1. The molecule has 0 atom stereocenters. The SMILES string of the molecule is OC1CCC(Oc2cccc(-c3ccncc3)c2)CC1. The molecule has 104 valence electrons. The molecule has 0 amide bonds. The maximum atomic E-state index is 9.52. The standard InChI is InChI=1S/C17H19NO2/c19-15-4-6-16(7-5-15)20-17-3-1-2-14(12-17)13-8-10-18-11-9-13/h1-3,8-12,15-16,19H,4-7H2. The van der Waals surface area contributed by atoms with Crippen molar-refractivity contribution in [2.45, 2.75) is 37.9 Å². The molecule has 1 N–H and O–H groups in total. The Balaban J connectivity index is 1.72. The maximum Gasteiger partial charge on any atom is 0.120 e. The molecule has 0 radical (unpaired) electrons. The topological polar surface area (TPSA) is 42.4 Å². The van der Waals surface area contributed by atoms with E-state index in [-0.39, 0.29) is 12.2 Å². The van der Waals surface area contributed by atoms with Gasteiger partial charge < -0.3 is 9.84 Å². The smallest absolute Gasteiger partial charge is 0.120 e. The van der Waals surface area contributed by atoms with Gasteiger partial charge in [-0.1, -0.05) is 12.1 Å². The highest BCUT2D eigenvalue weighted by Crippen LogP contribution is 2.27. The Kier molecular flexibility index (Phi) is 3.97. The zero-order valence-electron chi connectivity index (χ0n) is 11.4. The van der Waals surface area contributed by atoms with Gasteiger partial charge in [-0.25, -0.2) is 0 Å². The van der Waals surface area contributed by atoms with Gasteiger partial charge in [0.1, 0.15) is 5.75 Å². The molecule has 3 rings (SSSR count). The molecule has 1 aromatic carbocycles. The molecule has 0 aliphatic heterocycles. The molecule has 1 aliphatic carbocycles. The van der Waals surface area contributed by atoms with E-state index in [9.17, 15) is 5.11 Å². The molecule has 1 heterocycles. The average Bonchev–Trinajstić information content (AvgIpc) is 2.51. The minimum Gasteiger partial charge on any atom is -0.490 e. The van der Waals surface area contributed by atoms with E-state index in [1.165, 1.54) is 0 Å². The molecule has 2 aromatic rings. The zero-order chi connectivity index (χ0) is 13.8. The fourth-order valence-corrected chi connectivity index (χ4v) is 2.65. The normalized spacial score (nSPS) is 22.4. The summed E-state index contributed by atoms with van der Waals surface area (Å²) in [6.07, 6.45) is 7.23. The number of ether oxygens (including phenoxy) is 1. The number of aliphatic hydroxyl groups excluding tert-OH is 1. The van der Waals surface area contributed by atoms with Crippen LogP contribution in [0.2, 0.25) is 0 Å². The lowest BCUT2D eigenvalue weighted by atomic mass is 9.95. The Morgan fingerprint density at radius 1 is 0.950 bits per heavy atom. The molecule has 1 aliphatic rings. The Labute approximate surface area is 119 Å². The summed E-state index contributed by atoms with van der Waals surface area (Å²) in [4.78, 5) is 4.04. The number of pyridine rings is 1. The number of rotatable bonds is 3. The minimum atomic E-state index is -0.141. The molecular formula is C17H19NO2. The van der Waals surface area contributed by atoms with Gasteiger partial charge in [-0.15, -0.1) is 0 Å². The van der Waals surface area contributed by atoms with E-state index in [0.717, 1.165) is 42.6 Å². The van der Waals surface area contributed by atoms with Crippen LogP contribution in [-0.2, 0) is 0 Å². The van der Waals surface area contributed by atoms with Crippen molar-refractivity contribution in [2.75, 3.05) is 0 Å². The van der Waals surface area contributed by atoms with Crippen molar-refractivity contribution >= 4 is 0 Å². The van der Waals surface area contributed by atoms with Crippen LogP contribution in [-0.4, -0.2) is 22.3 Å². The molecule has 20 heavy (non-hydrogen) atoms. The van der Waals surface area contributed by atoms with Crippen molar-refractivity contribution in [1.29, 1.82) is 0 Å². The van der Waals surface area contributed by atoms with E-state index in [2.05, 4.69) is 17.1 Å². The van der Waals surface area contributed by atoms with Crippen LogP contribution >= 0.6 is 0 Å². The predicted octanol–water partition coefficient (Wildman–Crippen LogP) is 3.43. The molecule has 0 unspecified atom stereocenters. The fourth-order valence-electron chi connectivity index (χ4n) is 2.65. The average molecular weight is 269 g/mol. The van der Waals surface area contributed by atoms with E-state index >= 15 is 0 Å². The number of aliphatic hydroxyl groups is 1. The van der Waals surface area contributed by atoms with Gasteiger partial charge in [-0.05, 0) is 61.1 Å². The van der Waals surface area contributed by atoms with Crippen LogP contribution in [0.4, 0.5) is 0 Å². The predicted molar refractivity (Wildman–Crippen MR) is 78.6 cm³/mol. The van der Waals surface area contributed by atoms with Crippen molar-refractivity contribution in [3.63, 3.8) is 0 Å². The summed E-state index contributed by atoms with van der Waals surface area (Å²) in [5, 5.41) is 9.52. The molecule has 1 fully saturated rings. The molecule has 0 spiro atoms. The van der Waals surface area contributed by atoms with Crippen molar-refractivity contribution in [1.82, 2.24) is 4.98 Å². The van der Waals surface area contributed by atoms with Crippen LogP contribution < -0.4 is 4.74 Å². The van der Waals surface area contributed by atoms with Crippen molar-refractivity contribution < 1.29 is 9.84 Å². The van der Waals surface area contributed by atoms with Gasteiger partial charge in [-0.3, -0.25) is 4.98 Å². The van der Waals surface area contributed by atoms with Crippen LogP contribution in [0.15, 0.2) is 48.8 Å². The number of hydrogen-bond donors (Lipinski definition) is 1. The zero-order valence-corrected chi connectivity index (χ0v) is 11.4. The molecule has 3 nitrogen and oxygen atoms in total. The lowest BCUT2D eigenvalue weighted by Gasteiger charge is -2.26. The van der Waals surface area contributed by atoms with Crippen LogP contribution in [0.25, 0.3) is 11.1 Å². The van der Waals surface area contributed by atoms with Gasteiger partial charge in [0.25, 0.3) is 0 Å². The van der Waals surface area contributed by atoms with Crippen LogP contribution in [0, 0.1) is 0 Å². The molecule has 0 saturated heterocycles. The monoisotopic (exact) mass is 269 g/mol. The van der Waals surface area contributed by atoms with E-state index in [1.54, 1.807) is 12.4 Å². The fraction of sp³-hybridized carbons (Fsp3) is 0.353. The molecule has 1 aromatic heterocycles. The first-order valence-corrected chi connectivity index (χ1v) is 7.16. The Morgan fingerprint density at radius 2 is 1.70 bits per heavy atom. The lowest BCUT2D eigenvalue weighted by molar-refractivity contribution is 0.0666. The minimum absolute atomic E-state index is 0.141. The van der Waals surface area contributed by atoms with Crippen molar-refractivity contribution in [2.24, 2.45) is 0 Å². The highest BCUT2D eigenvalue weighted by molar-refractivity contribution is 5.64. The van der Waals surface area contributed by atoms with Gasteiger partial charge in [-0.2, -0.15) is 0 Å². The summed E-state index contributed by atoms with van der Waals surface area (Å²) in [5.74, 6) is 0.903. The third kappa shape index (κ3) is 3.17. The Morgan fingerprint density at radius 3 is 2.45 bits per heavy atom. The van der Waals surface area contributed by atoms with Crippen LogP contribution in [0.3, 0.4) is 0 Å². The quantitative estimate of drug-likeness (QED) is 0.928. The number of aromatic nitrogens is 1. The van der Waals surface area contributed by atoms with E-state index in [4.69, 9.17) is 4.74 Å². The third-order valence-electron chi connectivity index (χ3n) is 3.79. The molecular weight excluding hydrogens is 250 g/mol. The van der Waals surface area contributed by atoms with Gasteiger partial charge in [0, 0.05) is 12.4 Å². The molecule has 1 saturated carbocycles. The first-order chi connectivity index (χ1) is 9.81. The van der Waals surface area contributed by atoms with Gasteiger partial charge in [0.05, 0.1) is 12.2 Å². The molecule has 0 bridgehead atoms. The Bertz CT molecular complexity index is 548. The van der Waals surface area contributed by atoms with Crippen LogP contribution in [0.1, 0.15) is 25.7 Å². The van der Waals surface area contributed by atoms with Gasteiger partial charge in [0.2, 0.25) is 0 Å². The summed E-state index contributed by atoms with van der Waals surface area (Å²) in [6.45, 7) is 0. The second-order valence-corrected chi connectivity index (χ2v) is 5.31. The van der Waals surface area contributed by atoms with Crippen molar-refractivity contribution in [3.8, 4) is 16.9 Å². The number of hydrogen-bond acceptors (Lipinski definition) is 3. The second kappa shape index (κ2) is 6.06. The summed E-state index contributed by atoms with van der Waals surface area (Å²) in [6, 6.07) is 12.2. The van der Waals surface area contributed by atoms with Gasteiger partial charge in [0.15, 0.2) is 0 Å². The summed E-state index contributed by atoms with van der Waals surface area (Å²) in [7, 11) is 0. The largest absolute Gasteiger partial charge is 0.490 e. The molecule has 3 heteroatoms. The van der Waals surface area contributed by atoms with Crippen molar-refractivity contribution in [3.05, 3.63) is 48.8 Å². The van der Waals surface area contributed by atoms with Gasteiger partial charge >= 0.3 is 0 Å². The highest BCUT2D eigenvalue weighted by atomic mass is 16.5. The third-order valence-corrected chi connectivity index (χ3v) is 3.79. The Hall–Kier alpha value is -1.87. The first kappa shape index (κ1) is 13.1. The lowest BCUT2D eigenvalue weighted by Crippen LogP contribution is -2.26. The van der Waals surface area contributed by atoms with E-state index in [1.807, 2.05) is 24.3 Å². The highest BCUT2D eigenvalue weighted by Gasteiger charge is 2.20. The van der Waals surface area contributed by atoms with Crippen LogP contribution in [0.5, 0.6) is 5.75 Å².